The van der Waals surface area contributed by atoms with E-state index in [0.29, 0.717) is 5.02 Å². The number of hydrogen-bond donors (Lipinski definition) is 1. The van der Waals surface area contributed by atoms with E-state index < -0.39 is 0 Å². The topological polar surface area (TPSA) is 55.2 Å². The van der Waals surface area contributed by atoms with Crippen molar-refractivity contribution in [2.75, 3.05) is 5.32 Å². The van der Waals surface area contributed by atoms with Gasteiger partial charge in [-0.3, -0.25) is 10.1 Å². The fourth-order valence-corrected chi connectivity index (χ4v) is 2.23. The highest BCUT2D eigenvalue weighted by molar-refractivity contribution is 6.33. The van der Waals surface area contributed by atoms with E-state index in [1.54, 1.807) is 12.1 Å². The van der Waals surface area contributed by atoms with Crippen LogP contribution < -0.4 is 5.32 Å². The maximum atomic E-state index is 10.8. The molecule has 1 N–H and O–H groups in total. The van der Waals surface area contributed by atoms with E-state index in [4.69, 9.17) is 11.6 Å². The van der Waals surface area contributed by atoms with Gasteiger partial charge in [-0.2, -0.15) is 0 Å². The number of rotatable bonds is 5. The minimum atomic E-state index is -0.383. The predicted octanol–water partition coefficient (Wildman–Crippen LogP) is 4.81. The van der Waals surface area contributed by atoms with Crippen molar-refractivity contribution in [1.82, 2.24) is 0 Å². The SMILES string of the molecule is CCC(Nc1ccccc1Cl)c1cccc([N+](=O)[O-])c1. The van der Waals surface area contributed by atoms with E-state index in [-0.39, 0.29) is 16.7 Å². The van der Waals surface area contributed by atoms with Crippen molar-refractivity contribution >= 4 is 23.0 Å². The number of anilines is 1. The summed E-state index contributed by atoms with van der Waals surface area (Å²) in [5.74, 6) is 0. The van der Waals surface area contributed by atoms with Crippen molar-refractivity contribution < 1.29 is 4.92 Å². The second-order valence-electron chi connectivity index (χ2n) is 4.44. The molecule has 0 aliphatic carbocycles. The molecule has 0 fully saturated rings. The molecule has 20 heavy (non-hydrogen) atoms. The fourth-order valence-electron chi connectivity index (χ4n) is 2.04. The highest BCUT2D eigenvalue weighted by Crippen LogP contribution is 2.29. The van der Waals surface area contributed by atoms with Crippen molar-refractivity contribution in [3.8, 4) is 0 Å². The average molecular weight is 291 g/mol. The molecule has 0 aromatic heterocycles. The van der Waals surface area contributed by atoms with Crippen molar-refractivity contribution in [2.24, 2.45) is 0 Å². The Bertz CT molecular complexity index is 616. The van der Waals surface area contributed by atoms with Crippen LogP contribution in [-0.4, -0.2) is 4.92 Å². The fraction of sp³-hybridized carbons (Fsp3) is 0.200. The van der Waals surface area contributed by atoms with Gasteiger partial charge < -0.3 is 5.32 Å². The maximum Gasteiger partial charge on any atom is 0.269 e. The van der Waals surface area contributed by atoms with Crippen LogP contribution in [-0.2, 0) is 0 Å². The number of para-hydroxylation sites is 1. The Morgan fingerprint density at radius 2 is 2.00 bits per heavy atom. The molecule has 1 unspecified atom stereocenters. The van der Waals surface area contributed by atoms with Gasteiger partial charge in [0.05, 0.1) is 21.7 Å². The Balaban J connectivity index is 2.26. The summed E-state index contributed by atoms with van der Waals surface area (Å²) in [7, 11) is 0. The van der Waals surface area contributed by atoms with E-state index in [2.05, 4.69) is 5.32 Å². The van der Waals surface area contributed by atoms with Crippen LogP contribution in [0.3, 0.4) is 0 Å². The molecule has 0 heterocycles. The van der Waals surface area contributed by atoms with E-state index in [1.807, 2.05) is 37.3 Å². The molecule has 2 rings (SSSR count). The minimum Gasteiger partial charge on any atom is -0.377 e. The van der Waals surface area contributed by atoms with E-state index in [0.717, 1.165) is 17.7 Å². The number of hydrogen-bond acceptors (Lipinski definition) is 3. The minimum absolute atomic E-state index is 0.0187. The van der Waals surface area contributed by atoms with Gasteiger partial charge in [-0.1, -0.05) is 42.8 Å². The first kappa shape index (κ1) is 14.3. The van der Waals surface area contributed by atoms with E-state index in [9.17, 15) is 10.1 Å². The molecule has 0 bridgehead atoms. The lowest BCUT2D eigenvalue weighted by Crippen LogP contribution is -2.10. The average Bonchev–Trinajstić information content (AvgIpc) is 2.46. The molecule has 0 aliphatic rings. The zero-order valence-corrected chi connectivity index (χ0v) is 11.8. The van der Waals surface area contributed by atoms with Crippen LogP contribution in [0.25, 0.3) is 0 Å². The molecule has 0 saturated carbocycles. The normalized spacial score (nSPS) is 11.9. The molecule has 2 aromatic carbocycles. The molecule has 0 radical (unpaired) electrons. The van der Waals surface area contributed by atoms with Gasteiger partial charge in [0, 0.05) is 12.1 Å². The molecule has 2 aromatic rings. The van der Waals surface area contributed by atoms with Crippen molar-refractivity contribution in [2.45, 2.75) is 19.4 Å². The Hall–Kier alpha value is -2.07. The second kappa shape index (κ2) is 6.39. The summed E-state index contributed by atoms with van der Waals surface area (Å²) in [6, 6.07) is 14.1. The Kier molecular flexibility index (Phi) is 4.58. The Morgan fingerprint density at radius 3 is 2.65 bits per heavy atom. The number of nitrogens with one attached hydrogen (secondary N) is 1. The lowest BCUT2D eigenvalue weighted by molar-refractivity contribution is -0.384. The first-order valence-electron chi connectivity index (χ1n) is 6.37. The summed E-state index contributed by atoms with van der Waals surface area (Å²) in [5.41, 5.74) is 1.80. The van der Waals surface area contributed by atoms with Crippen molar-refractivity contribution in [3.63, 3.8) is 0 Å². The molecule has 0 amide bonds. The third kappa shape index (κ3) is 3.27. The zero-order chi connectivity index (χ0) is 14.5. The monoisotopic (exact) mass is 290 g/mol. The number of halogens is 1. The molecule has 1 atom stereocenters. The first-order valence-corrected chi connectivity index (χ1v) is 6.75. The third-order valence-electron chi connectivity index (χ3n) is 3.10. The van der Waals surface area contributed by atoms with Crippen LogP contribution in [0, 0.1) is 10.1 Å². The van der Waals surface area contributed by atoms with Gasteiger partial charge in [-0.25, -0.2) is 0 Å². The van der Waals surface area contributed by atoms with Gasteiger partial charge in [0.2, 0.25) is 0 Å². The van der Waals surface area contributed by atoms with Crippen molar-refractivity contribution in [3.05, 3.63) is 69.2 Å². The van der Waals surface area contributed by atoms with E-state index >= 15 is 0 Å². The van der Waals surface area contributed by atoms with Gasteiger partial charge in [0.25, 0.3) is 5.69 Å². The molecule has 0 spiro atoms. The van der Waals surface area contributed by atoms with Gasteiger partial charge in [-0.15, -0.1) is 0 Å². The molecule has 104 valence electrons. The predicted molar refractivity (Wildman–Crippen MR) is 81.2 cm³/mol. The third-order valence-corrected chi connectivity index (χ3v) is 3.42. The van der Waals surface area contributed by atoms with Crippen LogP contribution in [0.1, 0.15) is 24.9 Å². The second-order valence-corrected chi connectivity index (χ2v) is 4.84. The lowest BCUT2D eigenvalue weighted by atomic mass is 10.0. The summed E-state index contributed by atoms with van der Waals surface area (Å²) in [5, 5.41) is 14.8. The number of nitro benzene ring substituents is 1. The lowest BCUT2D eigenvalue weighted by Gasteiger charge is -2.19. The highest BCUT2D eigenvalue weighted by Gasteiger charge is 2.14. The molecule has 4 nitrogen and oxygen atoms in total. The summed E-state index contributed by atoms with van der Waals surface area (Å²) in [6.07, 6.45) is 0.798. The van der Waals surface area contributed by atoms with Crippen molar-refractivity contribution in [1.29, 1.82) is 0 Å². The van der Waals surface area contributed by atoms with Crippen LogP contribution >= 0.6 is 11.6 Å². The Labute approximate surface area is 122 Å². The number of nitro groups is 1. The molecular formula is C15H15ClN2O2. The molecule has 0 aliphatic heterocycles. The van der Waals surface area contributed by atoms with Gasteiger partial charge in [-0.05, 0) is 24.1 Å². The quantitative estimate of drug-likeness (QED) is 0.635. The number of benzene rings is 2. The smallest absolute Gasteiger partial charge is 0.269 e. The van der Waals surface area contributed by atoms with E-state index in [1.165, 1.54) is 6.07 Å². The summed E-state index contributed by atoms with van der Waals surface area (Å²) in [4.78, 5) is 10.5. The summed E-state index contributed by atoms with van der Waals surface area (Å²) in [6.45, 7) is 2.02. The standard InChI is InChI=1S/C15H15ClN2O2/c1-2-14(17-15-9-4-3-8-13(15)16)11-6-5-7-12(10-11)18(19)20/h3-10,14,17H,2H2,1H3. The van der Waals surface area contributed by atoms with Gasteiger partial charge >= 0.3 is 0 Å². The first-order chi connectivity index (χ1) is 9.61. The van der Waals surface area contributed by atoms with Crippen LogP contribution in [0.5, 0.6) is 0 Å². The largest absolute Gasteiger partial charge is 0.377 e. The van der Waals surface area contributed by atoms with Crippen LogP contribution in [0.2, 0.25) is 5.02 Å². The molecular weight excluding hydrogens is 276 g/mol. The maximum absolute atomic E-state index is 10.8. The number of non-ortho nitro benzene ring substituents is 1. The van der Waals surface area contributed by atoms with Gasteiger partial charge in [0.1, 0.15) is 0 Å². The van der Waals surface area contributed by atoms with Gasteiger partial charge in [0.15, 0.2) is 0 Å². The number of nitrogens with zero attached hydrogens (tertiary/aromatic N) is 1. The van der Waals surface area contributed by atoms with Crippen LogP contribution in [0.15, 0.2) is 48.5 Å². The molecule has 5 heteroatoms. The summed E-state index contributed by atoms with van der Waals surface area (Å²) >= 11 is 6.12. The van der Waals surface area contributed by atoms with Crippen LogP contribution in [0.4, 0.5) is 11.4 Å². The summed E-state index contributed by atoms with van der Waals surface area (Å²) < 4.78 is 0. The zero-order valence-electron chi connectivity index (χ0n) is 11.0. The molecule has 0 saturated heterocycles. The Morgan fingerprint density at radius 1 is 1.25 bits per heavy atom. The highest BCUT2D eigenvalue weighted by atomic mass is 35.5.